The van der Waals surface area contributed by atoms with Gasteiger partial charge in [0.05, 0.1) is 12.2 Å². The van der Waals surface area contributed by atoms with Crippen molar-refractivity contribution in [2.45, 2.75) is 40.0 Å². The van der Waals surface area contributed by atoms with Crippen LogP contribution in [-0.4, -0.2) is 23.1 Å². The molecule has 1 amide bonds. The van der Waals surface area contributed by atoms with E-state index in [1.165, 1.54) is 4.57 Å². The maximum atomic E-state index is 13.0. The zero-order valence-corrected chi connectivity index (χ0v) is 24.2. The molecule has 0 saturated heterocycles. The Morgan fingerprint density at radius 2 is 1.56 bits per heavy atom. The van der Waals surface area contributed by atoms with E-state index in [1.807, 2.05) is 49.4 Å². The lowest BCUT2D eigenvalue weighted by Gasteiger charge is -2.19. The van der Waals surface area contributed by atoms with E-state index in [2.05, 4.69) is 36.3 Å². The second kappa shape index (κ2) is 12.2. The number of hydrogen-bond donors (Lipinski definition) is 2. The third-order valence-electron chi connectivity index (χ3n) is 6.74. The molecule has 0 aliphatic heterocycles. The highest BCUT2D eigenvalue weighted by atomic mass is 17.2. The van der Waals surface area contributed by atoms with Crippen LogP contribution in [0.5, 0.6) is 0 Å². The third-order valence-corrected chi connectivity index (χ3v) is 6.74. The summed E-state index contributed by atoms with van der Waals surface area (Å²) < 4.78 is 1.51. The molecule has 0 aliphatic carbocycles. The molecule has 4 aromatic rings. The molecule has 8 nitrogen and oxygen atoms in total. The van der Waals surface area contributed by atoms with Crippen LogP contribution < -0.4 is 16.2 Å². The first-order valence-corrected chi connectivity index (χ1v) is 13.4. The van der Waals surface area contributed by atoms with E-state index < -0.39 is 5.97 Å². The zero-order valence-electron chi connectivity index (χ0n) is 24.2. The average molecular weight is 554 g/mol. The normalized spacial score (nSPS) is 11.2. The van der Waals surface area contributed by atoms with Crippen molar-refractivity contribution in [1.82, 2.24) is 4.57 Å². The average Bonchev–Trinajstić information content (AvgIpc) is 2.95. The van der Waals surface area contributed by atoms with Gasteiger partial charge in [-0.1, -0.05) is 45.0 Å². The summed E-state index contributed by atoms with van der Waals surface area (Å²) in [7, 11) is 1.69. The molecule has 0 radical (unpaired) electrons. The molecule has 41 heavy (non-hydrogen) atoms. The number of rotatable bonds is 8. The molecular formula is C33H35N3O5. The predicted molar refractivity (Wildman–Crippen MR) is 162 cm³/mol. The summed E-state index contributed by atoms with van der Waals surface area (Å²) in [6.45, 7) is 10.3. The third kappa shape index (κ3) is 6.91. The number of carbonyl (C=O) groups is 2. The summed E-state index contributed by atoms with van der Waals surface area (Å²) in [6, 6.07) is 21.7. The largest absolute Gasteiger partial charge is 0.373 e. The summed E-state index contributed by atoms with van der Waals surface area (Å²) in [6.07, 6.45) is 1.76. The van der Waals surface area contributed by atoms with Crippen molar-refractivity contribution in [1.29, 1.82) is 0 Å². The number of nitrogens with one attached hydrogen (secondary N) is 2. The van der Waals surface area contributed by atoms with Crippen LogP contribution >= 0.6 is 0 Å². The van der Waals surface area contributed by atoms with Gasteiger partial charge in [0.1, 0.15) is 5.69 Å². The Kier molecular flexibility index (Phi) is 8.74. The van der Waals surface area contributed by atoms with Gasteiger partial charge in [0.25, 0.3) is 11.5 Å². The van der Waals surface area contributed by atoms with Gasteiger partial charge in [-0.05, 0) is 84.5 Å². The second-order valence-corrected chi connectivity index (χ2v) is 10.8. The van der Waals surface area contributed by atoms with Crippen LogP contribution in [0.4, 0.5) is 17.1 Å². The summed E-state index contributed by atoms with van der Waals surface area (Å²) in [5.41, 5.74) is 6.07. The van der Waals surface area contributed by atoms with Gasteiger partial charge in [0.15, 0.2) is 0 Å². The standard InChI is InChI=1S/C33H35N3O5/c1-7-40-41-32(39)23-13-17-26(18-14-23)34-29-19-24(20-36(6)31(29)38)27-9-8-10-28(21(27)2)35-30(37)22-11-15-25(16-12-22)33(3,4)5/h8-20,34H,7H2,1-6H3,(H,35,37). The van der Waals surface area contributed by atoms with Crippen molar-refractivity contribution >= 4 is 28.9 Å². The van der Waals surface area contributed by atoms with Crippen molar-refractivity contribution in [3.63, 3.8) is 0 Å². The van der Waals surface area contributed by atoms with Gasteiger partial charge in [0, 0.05) is 35.7 Å². The summed E-state index contributed by atoms with van der Waals surface area (Å²) in [5.74, 6) is -0.789. The molecular weight excluding hydrogens is 518 g/mol. The fourth-order valence-electron chi connectivity index (χ4n) is 4.35. The summed E-state index contributed by atoms with van der Waals surface area (Å²) >= 11 is 0. The Morgan fingerprint density at radius 3 is 2.20 bits per heavy atom. The first-order chi connectivity index (χ1) is 19.5. The molecule has 0 atom stereocenters. The highest BCUT2D eigenvalue weighted by Crippen LogP contribution is 2.30. The first kappa shape index (κ1) is 29.3. The van der Waals surface area contributed by atoms with Gasteiger partial charge in [-0.2, -0.15) is 4.89 Å². The van der Waals surface area contributed by atoms with E-state index in [1.54, 1.807) is 50.5 Å². The zero-order chi connectivity index (χ0) is 29.7. The molecule has 0 aliphatic rings. The maximum absolute atomic E-state index is 13.0. The Bertz CT molecular complexity index is 1620. The lowest BCUT2D eigenvalue weighted by molar-refractivity contribution is -0.236. The van der Waals surface area contributed by atoms with Crippen LogP contribution in [0.3, 0.4) is 0 Å². The van der Waals surface area contributed by atoms with E-state index in [4.69, 9.17) is 4.89 Å². The smallest absolute Gasteiger partial charge is 0.351 e. The lowest BCUT2D eigenvalue weighted by Crippen LogP contribution is -2.19. The Hall–Kier alpha value is -4.69. The quantitative estimate of drug-likeness (QED) is 0.185. The van der Waals surface area contributed by atoms with Gasteiger partial charge in [-0.15, -0.1) is 0 Å². The minimum absolute atomic E-state index is 0.00451. The van der Waals surface area contributed by atoms with E-state index in [0.29, 0.717) is 28.2 Å². The number of aryl methyl sites for hydroxylation is 1. The predicted octanol–water partition coefficient (Wildman–Crippen LogP) is 6.76. The summed E-state index contributed by atoms with van der Waals surface area (Å²) in [4.78, 5) is 47.4. The van der Waals surface area contributed by atoms with Crippen LogP contribution in [0, 0.1) is 6.92 Å². The van der Waals surface area contributed by atoms with Gasteiger partial charge in [-0.25, -0.2) is 4.79 Å². The Labute approximate surface area is 239 Å². The Balaban J connectivity index is 1.57. The molecule has 1 aromatic heterocycles. The molecule has 3 aromatic carbocycles. The molecule has 0 saturated carbocycles. The number of carbonyl (C=O) groups excluding carboxylic acids is 2. The van der Waals surface area contributed by atoms with Crippen LogP contribution in [0.15, 0.2) is 83.8 Å². The minimum atomic E-state index is -0.597. The number of pyridine rings is 1. The minimum Gasteiger partial charge on any atom is -0.351 e. The van der Waals surface area contributed by atoms with Crippen molar-refractivity contribution in [3.8, 4) is 11.1 Å². The maximum Gasteiger partial charge on any atom is 0.373 e. The van der Waals surface area contributed by atoms with Gasteiger partial charge >= 0.3 is 5.97 Å². The van der Waals surface area contributed by atoms with Gasteiger partial charge in [-0.3, -0.25) is 14.5 Å². The highest BCUT2D eigenvalue weighted by molar-refractivity contribution is 6.05. The van der Waals surface area contributed by atoms with Crippen molar-refractivity contribution in [3.05, 3.63) is 112 Å². The molecule has 0 bridgehead atoms. The van der Waals surface area contributed by atoms with E-state index >= 15 is 0 Å². The van der Waals surface area contributed by atoms with E-state index in [-0.39, 0.29) is 23.5 Å². The van der Waals surface area contributed by atoms with Crippen molar-refractivity contribution in [2.75, 3.05) is 17.2 Å². The fourth-order valence-corrected chi connectivity index (χ4v) is 4.35. The molecule has 0 fully saturated rings. The van der Waals surface area contributed by atoms with Crippen LogP contribution in [0.2, 0.25) is 0 Å². The number of amides is 1. The Morgan fingerprint density at radius 1 is 0.902 bits per heavy atom. The fraction of sp³-hybridized carbons (Fsp3) is 0.242. The first-order valence-electron chi connectivity index (χ1n) is 13.4. The topological polar surface area (TPSA) is 98.7 Å². The molecule has 0 unspecified atom stereocenters. The van der Waals surface area contributed by atoms with Crippen molar-refractivity contribution in [2.24, 2.45) is 7.05 Å². The molecule has 2 N–H and O–H groups in total. The number of nitrogens with zero attached hydrogens (tertiary/aromatic N) is 1. The van der Waals surface area contributed by atoms with E-state index in [0.717, 1.165) is 22.3 Å². The van der Waals surface area contributed by atoms with Crippen LogP contribution in [-0.2, 0) is 22.2 Å². The molecule has 4 rings (SSSR count). The van der Waals surface area contributed by atoms with Crippen LogP contribution in [0.25, 0.3) is 11.1 Å². The second-order valence-electron chi connectivity index (χ2n) is 10.8. The highest BCUT2D eigenvalue weighted by Gasteiger charge is 2.16. The number of benzene rings is 3. The van der Waals surface area contributed by atoms with Crippen molar-refractivity contribution < 1.29 is 19.4 Å². The number of aromatic nitrogens is 1. The van der Waals surface area contributed by atoms with Gasteiger partial charge < -0.3 is 15.2 Å². The lowest BCUT2D eigenvalue weighted by atomic mass is 9.86. The van der Waals surface area contributed by atoms with Crippen LogP contribution in [0.1, 0.15) is 59.5 Å². The number of anilines is 3. The monoisotopic (exact) mass is 553 g/mol. The SMILES string of the molecule is CCOOC(=O)c1ccc(Nc2cc(-c3cccc(NC(=O)c4ccc(C(C)(C)C)cc4)c3C)cn(C)c2=O)cc1. The molecule has 0 spiro atoms. The number of hydrogen-bond acceptors (Lipinski definition) is 6. The molecule has 1 heterocycles. The molecule has 8 heteroatoms. The summed E-state index contributed by atoms with van der Waals surface area (Å²) in [5, 5.41) is 6.18. The molecule has 212 valence electrons. The van der Waals surface area contributed by atoms with E-state index in [9.17, 15) is 14.4 Å². The van der Waals surface area contributed by atoms with Gasteiger partial charge in [0.2, 0.25) is 0 Å².